The molecule has 2 bridgehead atoms. The number of carbonyl (C=O) groups excluding carboxylic acids is 2. The van der Waals surface area contributed by atoms with Crippen LogP contribution in [0, 0.1) is 24.7 Å². The van der Waals surface area contributed by atoms with Gasteiger partial charge in [0, 0.05) is 48.7 Å². The fourth-order valence-electron chi connectivity index (χ4n) is 8.85. The van der Waals surface area contributed by atoms with Gasteiger partial charge in [0.15, 0.2) is 0 Å². The van der Waals surface area contributed by atoms with E-state index in [0.29, 0.717) is 30.2 Å². The Bertz CT molecular complexity index is 1430. The highest BCUT2D eigenvalue weighted by Gasteiger charge is 2.66. The number of piperidine rings is 1. The normalized spacial score (nSPS) is 29.4. The zero-order chi connectivity index (χ0) is 29.2. The molecule has 2 aliphatic heterocycles. The highest BCUT2D eigenvalue weighted by molar-refractivity contribution is 5.92. The van der Waals surface area contributed by atoms with Crippen molar-refractivity contribution in [3.63, 3.8) is 0 Å². The minimum atomic E-state index is -0.281. The zero-order valence-electron chi connectivity index (χ0n) is 25.5. The number of nitrogens with zero attached hydrogens (tertiary/aromatic N) is 2. The number of esters is 1. The third kappa shape index (κ3) is 4.67. The lowest BCUT2D eigenvalue weighted by molar-refractivity contribution is -0.139. The van der Waals surface area contributed by atoms with Crippen molar-refractivity contribution < 1.29 is 19.1 Å². The number of likely N-dealkylation sites (tertiary alicyclic amines) is 1. The van der Waals surface area contributed by atoms with Gasteiger partial charge < -0.3 is 14.4 Å². The Morgan fingerprint density at radius 1 is 1.17 bits per heavy atom. The van der Waals surface area contributed by atoms with Gasteiger partial charge in [0.05, 0.1) is 6.04 Å². The SMILES string of the molecule is CC(=O)Oc1ccc2c3c1C[C@@H]1[C@@H]4CC[C@H](N(CC(C)C)C(=O)C=Cc5cccc(C)c5)[C@H](O2)[C@]34CCN1CC1CC1. The molecule has 7 rings (SSSR count). The van der Waals surface area contributed by atoms with E-state index in [1.165, 1.54) is 37.4 Å². The van der Waals surface area contributed by atoms with Crippen LogP contribution in [0.2, 0.25) is 0 Å². The molecule has 5 aliphatic rings. The summed E-state index contributed by atoms with van der Waals surface area (Å²) in [4.78, 5) is 31.0. The fourth-order valence-corrected chi connectivity index (χ4v) is 8.85. The maximum Gasteiger partial charge on any atom is 0.308 e. The quantitative estimate of drug-likeness (QED) is 0.224. The molecular formula is C36H44N2O4. The van der Waals surface area contributed by atoms with E-state index in [1.807, 2.05) is 30.3 Å². The van der Waals surface area contributed by atoms with Crippen LogP contribution in [-0.4, -0.2) is 59.5 Å². The lowest BCUT2D eigenvalue weighted by Gasteiger charge is -2.60. The van der Waals surface area contributed by atoms with Crippen LogP contribution < -0.4 is 9.47 Å². The molecule has 42 heavy (non-hydrogen) atoms. The number of amides is 1. The van der Waals surface area contributed by atoms with Crippen molar-refractivity contribution in [2.45, 2.75) is 89.8 Å². The summed E-state index contributed by atoms with van der Waals surface area (Å²) in [6.07, 6.45) is 10.2. The first-order valence-corrected chi connectivity index (χ1v) is 16.1. The van der Waals surface area contributed by atoms with Gasteiger partial charge in [-0.15, -0.1) is 0 Å². The topological polar surface area (TPSA) is 59.1 Å². The molecule has 0 unspecified atom stereocenters. The Morgan fingerprint density at radius 2 is 2.00 bits per heavy atom. The van der Waals surface area contributed by atoms with Crippen LogP contribution in [0.25, 0.3) is 6.08 Å². The number of hydrogen-bond acceptors (Lipinski definition) is 5. The molecule has 6 nitrogen and oxygen atoms in total. The van der Waals surface area contributed by atoms with E-state index < -0.39 is 0 Å². The van der Waals surface area contributed by atoms with E-state index in [-0.39, 0.29) is 29.4 Å². The van der Waals surface area contributed by atoms with Gasteiger partial charge in [-0.05, 0) is 93.5 Å². The van der Waals surface area contributed by atoms with E-state index in [1.54, 1.807) is 6.08 Å². The van der Waals surface area contributed by atoms with Crippen molar-refractivity contribution >= 4 is 18.0 Å². The minimum Gasteiger partial charge on any atom is -0.487 e. The summed E-state index contributed by atoms with van der Waals surface area (Å²) in [7, 11) is 0. The van der Waals surface area contributed by atoms with Crippen LogP contribution >= 0.6 is 0 Å². The molecule has 0 N–H and O–H groups in total. The second-order valence-electron chi connectivity index (χ2n) is 13.9. The Balaban J connectivity index is 1.27. The first kappa shape index (κ1) is 27.7. The summed E-state index contributed by atoms with van der Waals surface area (Å²) in [5.74, 6) is 3.05. The third-order valence-electron chi connectivity index (χ3n) is 10.6. The molecule has 2 heterocycles. The lowest BCUT2D eigenvalue weighted by Crippen LogP contribution is -2.69. The maximum atomic E-state index is 14.0. The molecule has 2 aromatic rings. The molecule has 1 amide bonds. The number of aryl methyl sites for hydroxylation is 1. The molecule has 6 heteroatoms. The zero-order valence-corrected chi connectivity index (χ0v) is 25.5. The number of hydrogen-bond donors (Lipinski definition) is 0. The largest absolute Gasteiger partial charge is 0.487 e. The highest BCUT2D eigenvalue weighted by atomic mass is 16.5. The van der Waals surface area contributed by atoms with Crippen molar-refractivity contribution in [3.8, 4) is 11.5 Å². The maximum absolute atomic E-state index is 14.0. The van der Waals surface area contributed by atoms with Gasteiger partial charge in [-0.3, -0.25) is 14.5 Å². The summed E-state index contributed by atoms with van der Waals surface area (Å²) < 4.78 is 12.8. The number of carbonyl (C=O) groups is 2. The lowest BCUT2D eigenvalue weighted by atomic mass is 9.50. The molecular weight excluding hydrogens is 524 g/mol. The Labute approximate surface area is 250 Å². The summed E-state index contributed by atoms with van der Waals surface area (Å²) in [5, 5.41) is 0. The van der Waals surface area contributed by atoms with Crippen molar-refractivity contribution in [2.75, 3.05) is 19.6 Å². The minimum absolute atomic E-state index is 0.00975. The van der Waals surface area contributed by atoms with E-state index in [4.69, 9.17) is 9.47 Å². The van der Waals surface area contributed by atoms with E-state index >= 15 is 0 Å². The molecule has 3 fully saturated rings. The predicted octanol–water partition coefficient (Wildman–Crippen LogP) is 5.94. The molecule has 5 atom stereocenters. The monoisotopic (exact) mass is 568 g/mol. The van der Waals surface area contributed by atoms with Gasteiger partial charge >= 0.3 is 5.97 Å². The first-order chi connectivity index (χ1) is 20.2. The molecule has 222 valence electrons. The molecule has 1 saturated heterocycles. The van der Waals surface area contributed by atoms with Crippen molar-refractivity contribution in [1.82, 2.24) is 9.80 Å². The smallest absolute Gasteiger partial charge is 0.308 e. The van der Waals surface area contributed by atoms with Crippen LogP contribution in [0.3, 0.4) is 0 Å². The number of ether oxygens (including phenoxy) is 2. The molecule has 0 radical (unpaired) electrons. The number of benzene rings is 2. The van der Waals surface area contributed by atoms with E-state index in [9.17, 15) is 9.59 Å². The van der Waals surface area contributed by atoms with E-state index in [0.717, 1.165) is 55.0 Å². The van der Waals surface area contributed by atoms with Crippen LogP contribution in [0.1, 0.15) is 75.1 Å². The summed E-state index contributed by atoms with van der Waals surface area (Å²) in [6.45, 7) is 10.9. The summed E-state index contributed by atoms with van der Waals surface area (Å²) in [5.41, 5.74) is 4.49. The van der Waals surface area contributed by atoms with E-state index in [2.05, 4.69) is 42.7 Å². The third-order valence-corrected chi connectivity index (χ3v) is 10.6. The average molecular weight is 569 g/mol. The van der Waals surface area contributed by atoms with Crippen LogP contribution in [0.4, 0.5) is 0 Å². The van der Waals surface area contributed by atoms with Gasteiger partial charge in [-0.2, -0.15) is 0 Å². The van der Waals surface area contributed by atoms with Crippen LogP contribution in [-0.2, 0) is 21.4 Å². The van der Waals surface area contributed by atoms with Crippen LogP contribution in [0.15, 0.2) is 42.5 Å². The number of rotatable bonds is 8. The molecule has 1 spiro atoms. The van der Waals surface area contributed by atoms with Crippen molar-refractivity contribution in [2.24, 2.45) is 17.8 Å². The van der Waals surface area contributed by atoms with Crippen LogP contribution in [0.5, 0.6) is 11.5 Å². The Morgan fingerprint density at radius 3 is 2.74 bits per heavy atom. The van der Waals surface area contributed by atoms with Gasteiger partial charge in [-0.25, -0.2) is 0 Å². The second kappa shape index (κ2) is 10.6. The van der Waals surface area contributed by atoms with Crippen molar-refractivity contribution in [1.29, 1.82) is 0 Å². The van der Waals surface area contributed by atoms with Gasteiger partial charge in [0.2, 0.25) is 5.91 Å². The predicted molar refractivity (Wildman–Crippen MR) is 164 cm³/mol. The fraction of sp³-hybridized carbons (Fsp3) is 0.556. The van der Waals surface area contributed by atoms with Gasteiger partial charge in [0.1, 0.15) is 17.6 Å². The van der Waals surface area contributed by atoms with Crippen molar-refractivity contribution in [3.05, 3.63) is 64.7 Å². The summed E-state index contributed by atoms with van der Waals surface area (Å²) in [6, 6.07) is 12.6. The van der Waals surface area contributed by atoms with Gasteiger partial charge in [0.25, 0.3) is 0 Å². The average Bonchev–Trinajstić information content (AvgIpc) is 3.70. The first-order valence-electron chi connectivity index (χ1n) is 16.1. The Hall–Kier alpha value is -3.12. The standard InChI is InChI=1S/C36H44N2O4/c1-22(2)20-38(33(40)15-10-25-7-5-6-23(3)18-25)29-12-11-28-30-19-27-31(41-24(4)39)13-14-32-34(27)36(28,35(29)42-32)16-17-37(30)21-26-8-9-26/h5-7,10,13-15,18,22,26,28-30,35H,8-9,11-12,16-17,19-21H2,1-4H3/t28-,29-,30+,35-,36-/m0/s1. The molecule has 2 aromatic carbocycles. The summed E-state index contributed by atoms with van der Waals surface area (Å²) >= 11 is 0. The van der Waals surface area contributed by atoms with Gasteiger partial charge in [-0.1, -0.05) is 43.7 Å². The molecule has 3 aliphatic carbocycles. The Kier molecular flexibility index (Phi) is 6.96. The highest BCUT2D eigenvalue weighted by Crippen LogP contribution is 2.64. The molecule has 0 aromatic heterocycles. The second-order valence-corrected chi connectivity index (χ2v) is 13.9. The molecule has 2 saturated carbocycles.